The summed E-state index contributed by atoms with van der Waals surface area (Å²) in [5, 5.41) is 0.689. The minimum Gasteiger partial charge on any atom is -0.489 e. The first-order valence-corrected chi connectivity index (χ1v) is 6.57. The van der Waals surface area contributed by atoms with Crippen LogP contribution in [0.15, 0.2) is 47.3 Å². The van der Waals surface area contributed by atoms with Crippen molar-refractivity contribution in [2.45, 2.75) is 6.61 Å². The lowest BCUT2D eigenvalue weighted by molar-refractivity contribution is 0.306. The van der Waals surface area contributed by atoms with Gasteiger partial charge in [-0.1, -0.05) is 23.7 Å². The van der Waals surface area contributed by atoms with Crippen LogP contribution in [0, 0.1) is 0 Å². The summed E-state index contributed by atoms with van der Waals surface area (Å²) in [7, 11) is 1.73. The van der Waals surface area contributed by atoms with Crippen LogP contribution in [0.2, 0.25) is 5.02 Å². The van der Waals surface area contributed by atoms with E-state index in [1.165, 1.54) is 0 Å². The molecule has 0 amide bonds. The molecule has 1 N–H and O–H groups in total. The molecular weight excluding hydrogens is 276 g/mol. The molecular formula is C15H13ClN2O2. The lowest BCUT2D eigenvalue weighted by Crippen LogP contribution is -2.11. The van der Waals surface area contributed by atoms with Crippen molar-refractivity contribution in [2.24, 2.45) is 7.05 Å². The van der Waals surface area contributed by atoms with Crippen molar-refractivity contribution in [2.75, 3.05) is 0 Å². The van der Waals surface area contributed by atoms with E-state index in [2.05, 4.69) is 4.98 Å². The number of imidazole rings is 1. The van der Waals surface area contributed by atoms with Gasteiger partial charge in [0.1, 0.15) is 12.4 Å². The van der Waals surface area contributed by atoms with Crippen molar-refractivity contribution in [1.29, 1.82) is 0 Å². The average Bonchev–Trinajstić information content (AvgIpc) is 2.72. The van der Waals surface area contributed by atoms with Gasteiger partial charge in [-0.15, -0.1) is 0 Å². The number of fused-ring (bicyclic) bond motifs is 1. The van der Waals surface area contributed by atoms with Crippen molar-refractivity contribution < 1.29 is 4.74 Å². The van der Waals surface area contributed by atoms with E-state index in [0.717, 1.165) is 16.6 Å². The Morgan fingerprint density at radius 2 is 2.10 bits per heavy atom. The molecule has 0 atom stereocenters. The molecule has 3 rings (SSSR count). The van der Waals surface area contributed by atoms with Gasteiger partial charge in [0.25, 0.3) is 0 Å². The summed E-state index contributed by atoms with van der Waals surface area (Å²) in [6, 6.07) is 13.1. The van der Waals surface area contributed by atoms with E-state index in [1.807, 2.05) is 42.5 Å². The lowest BCUT2D eigenvalue weighted by Gasteiger charge is -2.06. The molecule has 0 aliphatic rings. The molecule has 0 bridgehead atoms. The van der Waals surface area contributed by atoms with Crippen molar-refractivity contribution in [3.63, 3.8) is 0 Å². The number of H-pyrrole nitrogens is 1. The summed E-state index contributed by atoms with van der Waals surface area (Å²) < 4.78 is 7.28. The van der Waals surface area contributed by atoms with Gasteiger partial charge >= 0.3 is 5.69 Å². The zero-order valence-corrected chi connectivity index (χ0v) is 11.6. The molecule has 3 aromatic rings. The monoisotopic (exact) mass is 288 g/mol. The fourth-order valence-electron chi connectivity index (χ4n) is 2.10. The Hall–Kier alpha value is -2.20. The Balaban J connectivity index is 1.83. The van der Waals surface area contributed by atoms with E-state index in [-0.39, 0.29) is 5.69 Å². The molecule has 2 aromatic carbocycles. The van der Waals surface area contributed by atoms with Crippen LogP contribution in [0.3, 0.4) is 0 Å². The molecule has 0 fully saturated rings. The molecule has 102 valence electrons. The molecule has 0 aliphatic heterocycles. The van der Waals surface area contributed by atoms with Crippen LogP contribution in [0.25, 0.3) is 11.0 Å². The summed E-state index contributed by atoms with van der Waals surface area (Å²) in [6.45, 7) is 0.434. The molecule has 0 spiro atoms. The number of aryl methyl sites for hydroxylation is 1. The molecule has 5 heteroatoms. The largest absolute Gasteiger partial charge is 0.489 e. The molecule has 1 heterocycles. The van der Waals surface area contributed by atoms with E-state index >= 15 is 0 Å². The maximum Gasteiger partial charge on any atom is 0.326 e. The predicted octanol–water partition coefficient (Wildman–Crippen LogP) is 3.10. The quantitative estimate of drug-likeness (QED) is 0.805. The number of nitrogens with zero attached hydrogens (tertiary/aromatic N) is 1. The Kier molecular flexibility index (Phi) is 3.24. The summed E-state index contributed by atoms with van der Waals surface area (Å²) in [5.74, 6) is 0.708. The van der Waals surface area contributed by atoms with Crippen LogP contribution in [-0.4, -0.2) is 9.55 Å². The van der Waals surface area contributed by atoms with Crippen LogP contribution in [0.5, 0.6) is 5.75 Å². The molecule has 1 aromatic heterocycles. The topological polar surface area (TPSA) is 47.0 Å². The van der Waals surface area contributed by atoms with Crippen molar-refractivity contribution in [1.82, 2.24) is 9.55 Å². The lowest BCUT2D eigenvalue weighted by atomic mass is 10.2. The first-order valence-electron chi connectivity index (χ1n) is 6.19. The van der Waals surface area contributed by atoms with E-state index in [4.69, 9.17) is 16.3 Å². The van der Waals surface area contributed by atoms with Gasteiger partial charge in [0.2, 0.25) is 0 Å². The maximum atomic E-state index is 11.5. The summed E-state index contributed by atoms with van der Waals surface area (Å²) in [4.78, 5) is 14.3. The van der Waals surface area contributed by atoms with Gasteiger partial charge in [-0.2, -0.15) is 0 Å². The Bertz CT molecular complexity index is 820. The predicted molar refractivity (Wildman–Crippen MR) is 79.3 cm³/mol. The van der Waals surface area contributed by atoms with Gasteiger partial charge in [0, 0.05) is 18.1 Å². The highest BCUT2D eigenvalue weighted by molar-refractivity contribution is 6.30. The second kappa shape index (κ2) is 5.06. The van der Waals surface area contributed by atoms with Gasteiger partial charge in [-0.25, -0.2) is 4.79 Å². The first-order chi connectivity index (χ1) is 9.63. The third-order valence-electron chi connectivity index (χ3n) is 3.17. The Morgan fingerprint density at radius 3 is 2.90 bits per heavy atom. The SMILES string of the molecule is Cn1c(=O)[nH]c2cc(OCc3cccc(Cl)c3)ccc21. The maximum absolute atomic E-state index is 11.5. The Morgan fingerprint density at radius 1 is 1.25 bits per heavy atom. The minimum atomic E-state index is -0.132. The van der Waals surface area contributed by atoms with Crippen LogP contribution >= 0.6 is 11.6 Å². The highest BCUT2D eigenvalue weighted by Crippen LogP contribution is 2.19. The number of hydrogen-bond donors (Lipinski definition) is 1. The van der Waals surface area contributed by atoms with Crippen LogP contribution in [0.1, 0.15) is 5.56 Å². The molecule has 20 heavy (non-hydrogen) atoms. The number of aromatic amines is 1. The molecule has 0 unspecified atom stereocenters. The number of hydrogen-bond acceptors (Lipinski definition) is 2. The second-order valence-corrected chi connectivity index (χ2v) is 5.02. The number of ether oxygens (including phenoxy) is 1. The molecule has 0 saturated heterocycles. The number of aromatic nitrogens is 2. The Labute approximate surface area is 120 Å². The number of nitrogens with one attached hydrogen (secondary N) is 1. The van der Waals surface area contributed by atoms with E-state index in [9.17, 15) is 4.79 Å². The second-order valence-electron chi connectivity index (χ2n) is 4.59. The van der Waals surface area contributed by atoms with E-state index in [1.54, 1.807) is 11.6 Å². The molecule has 4 nitrogen and oxygen atoms in total. The van der Waals surface area contributed by atoms with Gasteiger partial charge in [0.15, 0.2) is 0 Å². The standard InChI is InChI=1S/C15H13ClN2O2/c1-18-14-6-5-12(8-13(14)17-15(18)19)20-9-10-3-2-4-11(16)7-10/h2-8H,9H2,1H3,(H,17,19). The summed E-state index contributed by atoms with van der Waals surface area (Å²) >= 11 is 5.93. The molecule has 0 saturated carbocycles. The zero-order valence-electron chi connectivity index (χ0n) is 10.9. The minimum absolute atomic E-state index is 0.132. The van der Waals surface area contributed by atoms with Gasteiger partial charge in [-0.05, 0) is 29.8 Å². The first kappa shape index (κ1) is 12.8. The fourth-order valence-corrected chi connectivity index (χ4v) is 2.31. The van der Waals surface area contributed by atoms with Crippen LogP contribution in [-0.2, 0) is 13.7 Å². The summed E-state index contributed by atoms with van der Waals surface area (Å²) in [5.41, 5.74) is 2.48. The normalized spacial score (nSPS) is 10.9. The average molecular weight is 289 g/mol. The number of rotatable bonds is 3. The zero-order chi connectivity index (χ0) is 14.1. The van der Waals surface area contributed by atoms with Gasteiger partial charge in [-0.3, -0.25) is 4.57 Å². The van der Waals surface area contributed by atoms with Crippen molar-refractivity contribution in [3.8, 4) is 5.75 Å². The van der Waals surface area contributed by atoms with Crippen LogP contribution < -0.4 is 10.4 Å². The van der Waals surface area contributed by atoms with Gasteiger partial charge < -0.3 is 9.72 Å². The smallest absolute Gasteiger partial charge is 0.326 e. The van der Waals surface area contributed by atoms with Crippen LogP contribution in [0.4, 0.5) is 0 Å². The van der Waals surface area contributed by atoms with Crippen molar-refractivity contribution >= 4 is 22.6 Å². The number of halogens is 1. The van der Waals surface area contributed by atoms with Gasteiger partial charge in [0.05, 0.1) is 11.0 Å². The molecule has 0 radical (unpaired) electrons. The van der Waals surface area contributed by atoms with E-state index in [0.29, 0.717) is 17.4 Å². The molecule has 0 aliphatic carbocycles. The highest BCUT2D eigenvalue weighted by Gasteiger charge is 2.04. The fraction of sp³-hybridized carbons (Fsp3) is 0.133. The third-order valence-corrected chi connectivity index (χ3v) is 3.41. The highest BCUT2D eigenvalue weighted by atomic mass is 35.5. The third kappa shape index (κ3) is 2.42. The van der Waals surface area contributed by atoms with E-state index < -0.39 is 0 Å². The number of benzene rings is 2. The van der Waals surface area contributed by atoms with Crippen molar-refractivity contribution in [3.05, 3.63) is 63.5 Å². The summed E-state index contributed by atoms with van der Waals surface area (Å²) in [6.07, 6.45) is 0.